The average molecular weight is 187 g/mol. The van der Waals surface area contributed by atoms with Crippen LogP contribution in [0.25, 0.3) is 0 Å². The van der Waals surface area contributed by atoms with E-state index in [1.54, 1.807) is 6.92 Å². The SMILES string of the molecule is Cc1nnc(S[C@H](C)C(=O)[O-])o1. The molecule has 0 aliphatic carbocycles. The first-order valence-corrected chi connectivity index (χ1v) is 4.15. The van der Waals surface area contributed by atoms with Crippen LogP contribution in [0, 0.1) is 6.92 Å². The van der Waals surface area contributed by atoms with Crippen molar-refractivity contribution in [3.63, 3.8) is 0 Å². The van der Waals surface area contributed by atoms with Crippen LogP contribution in [0.2, 0.25) is 0 Å². The maximum Gasteiger partial charge on any atom is 0.277 e. The summed E-state index contributed by atoms with van der Waals surface area (Å²) in [5.41, 5.74) is 0. The first-order valence-electron chi connectivity index (χ1n) is 3.27. The Balaban J connectivity index is 2.58. The highest BCUT2D eigenvalue weighted by molar-refractivity contribution is 8.00. The van der Waals surface area contributed by atoms with E-state index in [4.69, 9.17) is 4.42 Å². The number of nitrogens with zero attached hydrogens (tertiary/aromatic N) is 2. The molecule has 0 aliphatic heterocycles. The van der Waals surface area contributed by atoms with Gasteiger partial charge in [-0.3, -0.25) is 0 Å². The number of carbonyl (C=O) groups is 1. The molecule has 5 nitrogen and oxygen atoms in total. The maximum atomic E-state index is 10.3. The number of aryl methyl sites for hydroxylation is 1. The summed E-state index contributed by atoms with van der Waals surface area (Å²) in [6.07, 6.45) is 0. The van der Waals surface area contributed by atoms with Crippen molar-refractivity contribution in [2.45, 2.75) is 24.3 Å². The minimum atomic E-state index is -1.14. The van der Waals surface area contributed by atoms with Crippen molar-refractivity contribution in [3.8, 4) is 0 Å². The third-order valence-corrected chi connectivity index (χ3v) is 2.03. The Bertz CT molecular complexity index is 286. The van der Waals surface area contributed by atoms with Gasteiger partial charge in [0.2, 0.25) is 5.89 Å². The minimum absolute atomic E-state index is 0.254. The molecule has 0 aromatic carbocycles. The number of aliphatic carboxylic acids is 1. The lowest BCUT2D eigenvalue weighted by Gasteiger charge is -2.07. The number of hydrogen-bond acceptors (Lipinski definition) is 6. The van der Waals surface area contributed by atoms with Gasteiger partial charge < -0.3 is 14.3 Å². The number of hydrogen-bond donors (Lipinski definition) is 0. The van der Waals surface area contributed by atoms with Gasteiger partial charge in [-0.2, -0.15) is 0 Å². The van der Waals surface area contributed by atoms with Crippen molar-refractivity contribution in [2.75, 3.05) is 0 Å². The third-order valence-electron chi connectivity index (χ3n) is 1.12. The smallest absolute Gasteiger partial charge is 0.277 e. The van der Waals surface area contributed by atoms with E-state index in [-0.39, 0.29) is 5.22 Å². The molecule has 1 aromatic rings. The van der Waals surface area contributed by atoms with E-state index in [9.17, 15) is 9.90 Å². The molecule has 1 heterocycles. The van der Waals surface area contributed by atoms with Crippen LogP contribution in [0.5, 0.6) is 0 Å². The number of thioether (sulfide) groups is 1. The zero-order valence-electron chi connectivity index (χ0n) is 6.60. The average Bonchev–Trinajstić information content (AvgIpc) is 2.35. The Kier molecular flexibility index (Phi) is 2.69. The Morgan fingerprint density at radius 1 is 1.67 bits per heavy atom. The molecule has 6 heteroatoms. The Morgan fingerprint density at radius 3 is 2.75 bits per heavy atom. The van der Waals surface area contributed by atoms with E-state index in [0.29, 0.717) is 5.89 Å². The summed E-state index contributed by atoms with van der Waals surface area (Å²) in [6, 6.07) is 0. The first-order chi connectivity index (χ1) is 5.59. The predicted molar refractivity (Wildman–Crippen MR) is 39.4 cm³/mol. The molecule has 1 aromatic heterocycles. The molecule has 66 valence electrons. The van der Waals surface area contributed by atoms with Gasteiger partial charge in [-0.25, -0.2) is 0 Å². The molecule has 1 rings (SSSR count). The second-order valence-corrected chi connectivity index (χ2v) is 3.46. The van der Waals surface area contributed by atoms with Crippen LogP contribution in [-0.2, 0) is 4.79 Å². The summed E-state index contributed by atoms with van der Waals surface area (Å²) in [4.78, 5) is 10.3. The molecule has 1 atom stereocenters. The topological polar surface area (TPSA) is 79.0 Å². The molecule has 12 heavy (non-hydrogen) atoms. The van der Waals surface area contributed by atoms with Gasteiger partial charge in [-0.1, -0.05) is 11.8 Å². The van der Waals surface area contributed by atoms with Crippen molar-refractivity contribution in [1.29, 1.82) is 0 Å². The van der Waals surface area contributed by atoms with Gasteiger partial charge >= 0.3 is 0 Å². The lowest BCUT2D eigenvalue weighted by molar-refractivity contribution is -0.304. The second-order valence-electron chi connectivity index (χ2n) is 2.17. The monoisotopic (exact) mass is 187 g/mol. The Labute approximate surface area is 73.2 Å². The number of rotatable bonds is 3. The van der Waals surface area contributed by atoms with Gasteiger partial charge in [-0.15, -0.1) is 10.2 Å². The highest BCUT2D eigenvalue weighted by atomic mass is 32.2. The predicted octanol–water partition coefficient (Wildman–Crippen LogP) is -0.391. The van der Waals surface area contributed by atoms with Crippen molar-refractivity contribution in [1.82, 2.24) is 10.2 Å². The Hall–Kier alpha value is -1.04. The number of carbonyl (C=O) groups excluding carboxylic acids is 1. The Morgan fingerprint density at radius 2 is 2.33 bits per heavy atom. The molecule has 0 unspecified atom stereocenters. The fourth-order valence-electron chi connectivity index (χ4n) is 0.525. The van der Waals surface area contributed by atoms with E-state index in [0.717, 1.165) is 11.8 Å². The molecule has 0 N–H and O–H groups in total. The minimum Gasteiger partial charge on any atom is -0.549 e. The third kappa shape index (κ3) is 2.23. The van der Waals surface area contributed by atoms with Crippen LogP contribution in [0.3, 0.4) is 0 Å². The molecule has 0 fully saturated rings. The molecule has 0 aliphatic rings. The van der Waals surface area contributed by atoms with Crippen LogP contribution in [0.4, 0.5) is 0 Å². The lowest BCUT2D eigenvalue weighted by atomic mass is 10.5. The summed E-state index contributed by atoms with van der Waals surface area (Å²) >= 11 is 0.970. The molecule has 0 saturated carbocycles. The number of carboxylic acids is 1. The largest absolute Gasteiger partial charge is 0.549 e. The maximum absolute atomic E-state index is 10.3. The fraction of sp³-hybridized carbons (Fsp3) is 0.500. The lowest BCUT2D eigenvalue weighted by Crippen LogP contribution is -2.31. The molecule has 0 amide bonds. The van der Waals surface area contributed by atoms with Gasteiger partial charge in [0.15, 0.2) is 0 Å². The van der Waals surface area contributed by atoms with Gasteiger partial charge in [0, 0.05) is 6.92 Å². The van der Waals surface area contributed by atoms with Crippen molar-refractivity contribution < 1.29 is 14.3 Å². The summed E-state index contributed by atoms with van der Waals surface area (Å²) < 4.78 is 4.95. The second kappa shape index (κ2) is 3.57. The van der Waals surface area contributed by atoms with Crippen molar-refractivity contribution >= 4 is 17.7 Å². The highest BCUT2D eigenvalue weighted by Gasteiger charge is 2.09. The first kappa shape index (κ1) is 9.05. The molecule has 0 bridgehead atoms. The zero-order chi connectivity index (χ0) is 9.14. The standard InChI is InChI=1S/C6H8N2O3S/c1-3(5(9)10)12-6-8-7-4(2)11-6/h3H,1-2H3,(H,9,10)/p-1/t3-/m1/s1. The zero-order valence-corrected chi connectivity index (χ0v) is 7.42. The summed E-state index contributed by atoms with van der Waals surface area (Å²) in [7, 11) is 0. The number of aromatic nitrogens is 2. The van der Waals surface area contributed by atoms with Crippen molar-refractivity contribution in [3.05, 3.63) is 5.89 Å². The van der Waals surface area contributed by atoms with Crippen LogP contribution in [0.1, 0.15) is 12.8 Å². The van der Waals surface area contributed by atoms with Crippen LogP contribution >= 0.6 is 11.8 Å². The van der Waals surface area contributed by atoms with E-state index in [2.05, 4.69) is 10.2 Å². The molecule has 0 saturated heterocycles. The van der Waals surface area contributed by atoms with E-state index in [1.165, 1.54) is 6.92 Å². The van der Waals surface area contributed by atoms with Crippen LogP contribution in [0.15, 0.2) is 9.64 Å². The molecular formula is C6H7N2O3S-. The van der Waals surface area contributed by atoms with Gasteiger partial charge in [0.1, 0.15) is 0 Å². The van der Waals surface area contributed by atoms with Crippen LogP contribution < -0.4 is 5.11 Å². The van der Waals surface area contributed by atoms with Gasteiger partial charge in [-0.05, 0) is 6.92 Å². The van der Waals surface area contributed by atoms with E-state index < -0.39 is 11.2 Å². The van der Waals surface area contributed by atoms with Crippen molar-refractivity contribution in [2.24, 2.45) is 0 Å². The van der Waals surface area contributed by atoms with Crippen LogP contribution in [-0.4, -0.2) is 21.4 Å². The van der Waals surface area contributed by atoms with Gasteiger partial charge in [0.05, 0.1) is 11.2 Å². The molecule has 0 spiro atoms. The number of carboxylic acid groups (broad SMARTS) is 1. The highest BCUT2D eigenvalue weighted by Crippen LogP contribution is 2.20. The quantitative estimate of drug-likeness (QED) is 0.599. The summed E-state index contributed by atoms with van der Waals surface area (Å²) in [5, 5.41) is 17.0. The van der Waals surface area contributed by atoms with E-state index in [1.807, 2.05) is 0 Å². The normalized spacial score (nSPS) is 12.8. The summed E-state index contributed by atoms with van der Waals surface area (Å²) in [6.45, 7) is 3.14. The fourth-order valence-corrected chi connectivity index (χ4v) is 1.18. The molecular weight excluding hydrogens is 180 g/mol. The summed E-state index contributed by atoms with van der Waals surface area (Å²) in [5.74, 6) is -0.723. The van der Waals surface area contributed by atoms with Gasteiger partial charge in [0.25, 0.3) is 5.22 Å². The molecule has 0 radical (unpaired) electrons. The van der Waals surface area contributed by atoms with E-state index >= 15 is 0 Å².